The Labute approximate surface area is 117 Å². The maximum absolute atomic E-state index is 11.4. The van der Waals surface area contributed by atoms with E-state index in [1.807, 2.05) is 0 Å². The number of carbonyl (C=O) groups is 1. The molecule has 94 valence electrons. The minimum atomic E-state index is 0. The maximum Gasteiger partial charge on any atom is 0.155 e. The molecule has 1 aromatic rings. The maximum atomic E-state index is 11.4. The zero-order valence-electron chi connectivity index (χ0n) is 9.57. The lowest BCUT2D eigenvalue weighted by Gasteiger charge is -2.15. The minimum Gasteiger partial charge on any atom is -0.398 e. The first-order valence-electron chi connectivity index (χ1n) is 5.34. The summed E-state index contributed by atoms with van der Waals surface area (Å²) in [5.41, 5.74) is 8.26. The summed E-state index contributed by atoms with van der Waals surface area (Å²) in [5.74, 6) is 0.0875. The van der Waals surface area contributed by atoms with Gasteiger partial charge in [-0.2, -0.15) is 5.26 Å². The van der Waals surface area contributed by atoms with E-state index in [0.29, 0.717) is 28.3 Å². The van der Waals surface area contributed by atoms with Crippen molar-refractivity contribution >= 4 is 41.1 Å². The van der Waals surface area contributed by atoms with Gasteiger partial charge in [0.25, 0.3) is 0 Å². The predicted octanol–water partition coefficient (Wildman–Crippen LogP) is 3.35. The van der Waals surface area contributed by atoms with Crippen molar-refractivity contribution in [3.63, 3.8) is 0 Å². The molecule has 0 spiro atoms. The van der Waals surface area contributed by atoms with Gasteiger partial charge in [0, 0.05) is 22.7 Å². The molecule has 3 nitrogen and oxygen atoms in total. The van der Waals surface area contributed by atoms with Gasteiger partial charge in [-0.15, -0.1) is 12.4 Å². The van der Waals surface area contributed by atoms with Crippen molar-refractivity contribution < 1.29 is 4.79 Å². The molecule has 2 rings (SSSR count). The van der Waals surface area contributed by atoms with Crippen LogP contribution in [-0.4, -0.2) is 5.78 Å². The quantitative estimate of drug-likeness (QED) is 0.804. The van der Waals surface area contributed by atoms with Gasteiger partial charge >= 0.3 is 0 Å². The molecule has 0 radical (unpaired) electrons. The number of hydrogen-bond donors (Lipinski definition) is 1. The highest BCUT2D eigenvalue weighted by Gasteiger charge is 2.17. The highest BCUT2D eigenvalue weighted by molar-refractivity contribution is 6.31. The number of halogens is 2. The third kappa shape index (κ3) is 2.84. The largest absolute Gasteiger partial charge is 0.398 e. The number of rotatable bonds is 1. The Morgan fingerprint density at radius 2 is 2.06 bits per heavy atom. The van der Waals surface area contributed by atoms with Crippen molar-refractivity contribution in [1.82, 2.24) is 0 Å². The molecule has 0 amide bonds. The lowest BCUT2D eigenvalue weighted by Crippen LogP contribution is -2.05. The van der Waals surface area contributed by atoms with Crippen LogP contribution in [0.3, 0.4) is 0 Å². The fourth-order valence-electron chi connectivity index (χ4n) is 2.06. The Morgan fingerprint density at radius 1 is 1.33 bits per heavy atom. The molecule has 0 fully saturated rings. The summed E-state index contributed by atoms with van der Waals surface area (Å²) in [6.45, 7) is 0. The van der Waals surface area contributed by atoms with Crippen LogP contribution in [0.4, 0.5) is 5.69 Å². The van der Waals surface area contributed by atoms with E-state index in [-0.39, 0.29) is 18.2 Å². The van der Waals surface area contributed by atoms with Gasteiger partial charge in [0.05, 0.1) is 11.6 Å². The van der Waals surface area contributed by atoms with E-state index in [0.717, 1.165) is 18.4 Å². The van der Waals surface area contributed by atoms with Crippen LogP contribution in [0.15, 0.2) is 18.2 Å². The molecule has 0 aromatic heterocycles. The van der Waals surface area contributed by atoms with Gasteiger partial charge in [0.15, 0.2) is 5.78 Å². The average Bonchev–Trinajstić information content (AvgIpc) is 2.27. The van der Waals surface area contributed by atoms with Gasteiger partial charge < -0.3 is 5.73 Å². The fourth-order valence-corrected chi connectivity index (χ4v) is 2.29. The predicted molar refractivity (Wildman–Crippen MR) is 74.7 cm³/mol. The van der Waals surface area contributed by atoms with E-state index in [1.165, 1.54) is 0 Å². The normalized spacial score (nSPS) is 14.4. The third-order valence-electron chi connectivity index (χ3n) is 2.78. The number of carbonyl (C=O) groups excluding carboxylic acids is 1. The van der Waals surface area contributed by atoms with E-state index >= 15 is 0 Å². The number of hydrogen-bond acceptors (Lipinski definition) is 3. The van der Waals surface area contributed by atoms with Gasteiger partial charge in [-0.3, -0.25) is 4.79 Å². The summed E-state index contributed by atoms with van der Waals surface area (Å²) in [5, 5.41) is 9.52. The molecule has 5 heteroatoms. The van der Waals surface area contributed by atoms with E-state index in [4.69, 9.17) is 22.6 Å². The van der Waals surface area contributed by atoms with Gasteiger partial charge in [0.1, 0.15) is 0 Å². The lowest BCUT2D eigenvalue weighted by molar-refractivity contribution is -0.114. The van der Waals surface area contributed by atoms with E-state index < -0.39 is 0 Å². The van der Waals surface area contributed by atoms with Crippen molar-refractivity contribution in [2.75, 3.05) is 5.73 Å². The average molecular weight is 283 g/mol. The lowest BCUT2D eigenvalue weighted by atomic mass is 9.89. The number of nitrogen functional groups attached to an aromatic ring is 1. The molecule has 0 heterocycles. The van der Waals surface area contributed by atoms with Gasteiger partial charge in [-0.25, -0.2) is 0 Å². The van der Waals surface area contributed by atoms with Crippen LogP contribution in [0.25, 0.3) is 5.57 Å². The van der Waals surface area contributed by atoms with Crippen molar-refractivity contribution in [2.45, 2.75) is 19.3 Å². The van der Waals surface area contributed by atoms with E-state index in [9.17, 15) is 4.79 Å². The second-order valence-corrected chi connectivity index (χ2v) is 4.46. The molecular formula is C13H12Cl2N2O. The first-order chi connectivity index (χ1) is 8.11. The second-order valence-electron chi connectivity index (χ2n) is 4.02. The van der Waals surface area contributed by atoms with Crippen LogP contribution in [0.2, 0.25) is 5.02 Å². The molecule has 1 aromatic carbocycles. The fraction of sp³-hybridized carbons (Fsp3) is 0.231. The summed E-state index contributed by atoms with van der Waals surface area (Å²) < 4.78 is 0. The van der Waals surface area contributed by atoms with Gasteiger partial charge in [-0.05, 0) is 36.6 Å². The first-order valence-corrected chi connectivity index (χ1v) is 5.72. The molecule has 0 bridgehead atoms. The van der Waals surface area contributed by atoms with Crippen molar-refractivity contribution in [2.24, 2.45) is 0 Å². The molecule has 2 N–H and O–H groups in total. The molecule has 1 aliphatic carbocycles. The highest BCUT2D eigenvalue weighted by Crippen LogP contribution is 2.33. The van der Waals surface area contributed by atoms with Gasteiger partial charge in [-0.1, -0.05) is 11.6 Å². The Bertz CT molecular complexity index is 559. The van der Waals surface area contributed by atoms with Crippen LogP contribution in [0, 0.1) is 11.3 Å². The first kappa shape index (κ1) is 14.6. The molecule has 0 atom stereocenters. The Balaban J connectivity index is 0.00000162. The zero-order chi connectivity index (χ0) is 12.4. The van der Waals surface area contributed by atoms with Crippen molar-refractivity contribution in [1.29, 1.82) is 5.26 Å². The topological polar surface area (TPSA) is 66.9 Å². The third-order valence-corrected chi connectivity index (χ3v) is 3.00. The molecular weight excluding hydrogens is 271 g/mol. The van der Waals surface area contributed by atoms with Crippen molar-refractivity contribution in [3.8, 4) is 6.07 Å². The summed E-state index contributed by atoms with van der Waals surface area (Å²) in [7, 11) is 0. The number of nitriles is 1. The number of benzene rings is 1. The van der Waals surface area contributed by atoms with Crippen molar-refractivity contribution in [3.05, 3.63) is 34.4 Å². The smallest absolute Gasteiger partial charge is 0.155 e. The van der Waals surface area contributed by atoms with E-state index in [2.05, 4.69) is 6.07 Å². The standard InChI is InChI=1S/C13H11ClN2O.ClH/c14-10-4-9(7-15)13(12(16)6-10)8-2-1-3-11(17)5-8;/h4-6H,1-3,16H2;1H. The highest BCUT2D eigenvalue weighted by atomic mass is 35.5. The van der Waals surface area contributed by atoms with Crippen LogP contribution < -0.4 is 5.73 Å². The second kappa shape index (κ2) is 5.90. The molecule has 18 heavy (non-hydrogen) atoms. The molecule has 0 unspecified atom stereocenters. The Hall–Kier alpha value is -1.50. The number of anilines is 1. The van der Waals surface area contributed by atoms with Crippen LogP contribution >= 0.6 is 24.0 Å². The molecule has 0 aliphatic heterocycles. The Morgan fingerprint density at radius 3 is 2.67 bits per heavy atom. The number of allylic oxidation sites excluding steroid dienone is 2. The summed E-state index contributed by atoms with van der Waals surface area (Å²) in [6.07, 6.45) is 3.73. The van der Waals surface area contributed by atoms with Crippen LogP contribution in [0.5, 0.6) is 0 Å². The molecule has 1 aliphatic rings. The minimum absolute atomic E-state index is 0. The molecule has 0 saturated carbocycles. The number of nitrogens with two attached hydrogens (primary N) is 1. The van der Waals surface area contributed by atoms with Gasteiger partial charge in [0.2, 0.25) is 0 Å². The number of nitrogens with zero attached hydrogens (tertiary/aromatic N) is 1. The SMILES string of the molecule is Cl.N#Cc1cc(Cl)cc(N)c1C1=CC(=O)CCC1. The van der Waals surface area contributed by atoms with Crippen LogP contribution in [0.1, 0.15) is 30.4 Å². The Kier molecular flexibility index (Phi) is 4.77. The monoisotopic (exact) mass is 282 g/mol. The number of ketones is 1. The van der Waals surface area contributed by atoms with Crippen LogP contribution in [-0.2, 0) is 4.79 Å². The molecule has 0 saturated heterocycles. The summed E-state index contributed by atoms with van der Waals surface area (Å²) in [6, 6.07) is 5.26. The summed E-state index contributed by atoms with van der Waals surface area (Å²) >= 11 is 5.85. The summed E-state index contributed by atoms with van der Waals surface area (Å²) in [4.78, 5) is 11.4. The zero-order valence-corrected chi connectivity index (χ0v) is 11.1. The van der Waals surface area contributed by atoms with E-state index in [1.54, 1.807) is 18.2 Å².